The zero-order chi connectivity index (χ0) is 9.97. The lowest BCUT2D eigenvalue weighted by atomic mass is 10.3. The number of nitrogens with one attached hydrogen (secondary N) is 1. The summed E-state index contributed by atoms with van der Waals surface area (Å²) in [5, 5.41) is 0. The summed E-state index contributed by atoms with van der Waals surface area (Å²) in [6.07, 6.45) is 1.25. The number of nitrogens with zero attached hydrogens (tertiary/aromatic N) is 1. The molecule has 0 aliphatic rings. The molecule has 0 radical (unpaired) electrons. The average Bonchev–Trinajstić information content (AvgIpc) is 2.18. The molecule has 0 aliphatic heterocycles. The number of H-pyrrole nitrogens is 1. The Morgan fingerprint density at radius 2 is 2.36 bits per heavy atom. The molecule has 0 saturated heterocycles. The summed E-state index contributed by atoms with van der Waals surface area (Å²) in [5.41, 5.74) is 1.18. The molecule has 1 N–H and O–H groups in total. The van der Waals surface area contributed by atoms with Gasteiger partial charge in [-0.15, -0.1) is 0 Å². The first-order chi connectivity index (χ1) is 6.81. The summed E-state index contributed by atoms with van der Waals surface area (Å²) in [4.78, 5) is 17.7. The maximum absolute atomic E-state index is 11.0. The van der Waals surface area contributed by atoms with Crippen LogP contribution in [0, 0.1) is 0 Å². The number of hydrogen-bond acceptors (Lipinski definition) is 3. The average molecular weight is 190 g/mol. The van der Waals surface area contributed by atoms with E-state index in [1.54, 1.807) is 6.07 Å². The van der Waals surface area contributed by atoms with Crippen molar-refractivity contribution in [2.24, 2.45) is 0 Å². The fourth-order valence-corrected chi connectivity index (χ4v) is 1.32. The van der Waals surface area contributed by atoms with Crippen LogP contribution in [0.5, 0.6) is 5.75 Å². The summed E-state index contributed by atoms with van der Waals surface area (Å²) < 4.78 is 5.37. The van der Waals surface area contributed by atoms with Crippen LogP contribution < -0.4 is 10.3 Å². The van der Waals surface area contributed by atoms with E-state index in [-0.39, 0.29) is 5.56 Å². The van der Waals surface area contributed by atoms with Crippen molar-refractivity contribution in [1.82, 2.24) is 9.97 Å². The van der Waals surface area contributed by atoms with E-state index >= 15 is 0 Å². The van der Waals surface area contributed by atoms with Crippen LogP contribution in [0.4, 0.5) is 0 Å². The quantitative estimate of drug-likeness (QED) is 0.777. The second-order valence-corrected chi connectivity index (χ2v) is 2.83. The monoisotopic (exact) mass is 190 g/mol. The van der Waals surface area contributed by atoms with E-state index in [4.69, 9.17) is 4.74 Å². The minimum atomic E-state index is -0.203. The van der Waals surface area contributed by atoms with Crippen molar-refractivity contribution in [3.63, 3.8) is 0 Å². The van der Waals surface area contributed by atoms with Gasteiger partial charge in [0.25, 0.3) is 5.56 Å². The van der Waals surface area contributed by atoms with Gasteiger partial charge in [0.05, 0.1) is 18.3 Å². The van der Waals surface area contributed by atoms with Gasteiger partial charge >= 0.3 is 0 Å². The van der Waals surface area contributed by atoms with Crippen molar-refractivity contribution in [1.29, 1.82) is 0 Å². The fourth-order valence-electron chi connectivity index (χ4n) is 1.32. The molecule has 1 heterocycles. The Kier molecular flexibility index (Phi) is 2.18. The van der Waals surface area contributed by atoms with Crippen molar-refractivity contribution >= 4 is 11.0 Å². The molecule has 72 valence electrons. The van der Waals surface area contributed by atoms with Gasteiger partial charge in [0.15, 0.2) is 0 Å². The lowest BCUT2D eigenvalue weighted by Gasteiger charge is -2.04. The normalized spacial score (nSPS) is 10.4. The molecule has 0 spiro atoms. The van der Waals surface area contributed by atoms with E-state index < -0.39 is 0 Å². The highest BCUT2D eigenvalue weighted by molar-refractivity contribution is 5.80. The number of rotatable bonds is 2. The Morgan fingerprint density at radius 1 is 1.50 bits per heavy atom. The molecule has 0 fully saturated rings. The molecule has 4 nitrogen and oxygen atoms in total. The van der Waals surface area contributed by atoms with Gasteiger partial charge in [0, 0.05) is 0 Å². The van der Waals surface area contributed by atoms with Crippen LogP contribution in [-0.2, 0) is 0 Å². The molecule has 0 amide bonds. The van der Waals surface area contributed by atoms with Crippen LogP contribution in [-0.4, -0.2) is 16.6 Å². The molecule has 0 saturated carbocycles. The second-order valence-electron chi connectivity index (χ2n) is 2.83. The van der Waals surface area contributed by atoms with Crippen LogP contribution >= 0.6 is 0 Å². The van der Waals surface area contributed by atoms with Gasteiger partial charge in [-0.1, -0.05) is 6.07 Å². The molecule has 1 aromatic heterocycles. The highest BCUT2D eigenvalue weighted by Crippen LogP contribution is 2.20. The van der Waals surface area contributed by atoms with Crippen molar-refractivity contribution in [2.75, 3.05) is 6.61 Å². The van der Waals surface area contributed by atoms with Crippen molar-refractivity contribution in [3.8, 4) is 5.75 Å². The zero-order valence-corrected chi connectivity index (χ0v) is 7.78. The Labute approximate surface area is 80.6 Å². The standard InChI is InChI=1S/C10H10N2O2/c1-2-14-8-5-3-4-7-10(8)11-6-9(13)12-7/h3-6H,2H2,1H3,(H,12,13). The van der Waals surface area contributed by atoms with Crippen molar-refractivity contribution in [3.05, 3.63) is 34.7 Å². The number of fused-ring (bicyclic) bond motifs is 1. The number of para-hydroxylation sites is 1. The molecule has 2 rings (SSSR count). The molecular weight excluding hydrogens is 180 g/mol. The summed E-state index contributed by atoms with van der Waals surface area (Å²) in [6, 6.07) is 5.45. The van der Waals surface area contributed by atoms with E-state index in [9.17, 15) is 4.79 Å². The Morgan fingerprint density at radius 3 is 3.14 bits per heavy atom. The van der Waals surface area contributed by atoms with Gasteiger partial charge < -0.3 is 9.72 Å². The van der Waals surface area contributed by atoms with Crippen LogP contribution in [0.3, 0.4) is 0 Å². The van der Waals surface area contributed by atoms with Gasteiger partial charge in [0.2, 0.25) is 0 Å². The summed E-state index contributed by atoms with van der Waals surface area (Å²) in [6.45, 7) is 2.49. The Bertz CT molecular complexity index is 505. The van der Waals surface area contributed by atoms with E-state index in [1.807, 2.05) is 19.1 Å². The number of hydrogen-bond donors (Lipinski definition) is 1. The van der Waals surface area contributed by atoms with Crippen LogP contribution in [0.25, 0.3) is 11.0 Å². The van der Waals surface area contributed by atoms with Crippen molar-refractivity contribution < 1.29 is 4.74 Å². The number of aromatic amines is 1. The predicted molar refractivity (Wildman–Crippen MR) is 53.5 cm³/mol. The minimum Gasteiger partial charge on any atom is -0.492 e. The summed E-state index contributed by atoms with van der Waals surface area (Å²) in [5.74, 6) is 0.696. The molecule has 0 aliphatic carbocycles. The maximum Gasteiger partial charge on any atom is 0.266 e. The van der Waals surface area contributed by atoms with Crippen LogP contribution in [0.2, 0.25) is 0 Å². The third kappa shape index (κ3) is 1.46. The highest BCUT2D eigenvalue weighted by atomic mass is 16.5. The molecule has 14 heavy (non-hydrogen) atoms. The first-order valence-electron chi connectivity index (χ1n) is 4.42. The SMILES string of the molecule is CCOc1cccc2[nH]c(=O)cnc12. The maximum atomic E-state index is 11.0. The number of benzene rings is 1. The zero-order valence-electron chi connectivity index (χ0n) is 7.78. The Hall–Kier alpha value is -1.84. The van der Waals surface area contributed by atoms with E-state index in [0.29, 0.717) is 23.4 Å². The van der Waals surface area contributed by atoms with Gasteiger partial charge in [-0.2, -0.15) is 0 Å². The van der Waals surface area contributed by atoms with Gasteiger partial charge in [-0.05, 0) is 19.1 Å². The minimum absolute atomic E-state index is 0.203. The first-order valence-corrected chi connectivity index (χ1v) is 4.42. The molecule has 1 aromatic carbocycles. The van der Waals surface area contributed by atoms with Gasteiger partial charge in [-0.25, -0.2) is 4.98 Å². The molecular formula is C10H10N2O2. The number of aromatic nitrogens is 2. The highest BCUT2D eigenvalue weighted by Gasteiger charge is 2.02. The Balaban J connectivity index is 2.68. The first kappa shape index (κ1) is 8.74. The predicted octanol–water partition coefficient (Wildman–Crippen LogP) is 1.32. The van der Waals surface area contributed by atoms with E-state index in [1.165, 1.54) is 6.20 Å². The molecule has 0 bridgehead atoms. The summed E-state index contributed by atoms with van der Waals surface area (Å²) in [7, 11) is 0. The topological polar surface area (TPSA) is 55.0 Å². The lowest BCUT2D eigenvalue weighted by molar-refractivity contribution is 0.343. The van der Waals surface area contributed by atoms with Gasteiger partial charge in [-0.3, -0.25) is 4.79 Å². The number of ether oxygens (including phenoxy) is 1. The third-order valence-electron chi connectivity index (χ3n) is 1.87. The summed E-state index contributed by atoms with van der Waals surface area (Å²) >= 11 is 0. The van der Waals surface area contributed by atoms with E-state index in [2.05, 4.69) is 9.97 Å². The molecule has 0 unspecified atom stereocenters. The lowest BCUT2D eigenvalue weighted by Crippen LogP contribution is -2.05. The largest absolute Gasteiger partial charge is 0.492 e. The smallest absolute Gasteiger partial charge is 0.266 e. The molecule has 2 aromatic rings. The van der Waals surface area contributed by atoms with Crippen LogP contribution in [0.1, 0.15) is 6.92 Å². The molecule has 4 heteroatoms. The van der Waals surface area contributed by atoms with E-state index in [0.717, 1.165) is 0 Å². The van der Waals surface area contributed by atoms with Gasteiger partial charge in [0.1, 0.15) is 11.3 Å². The van der Waals surface area contributed by atoms with Crippen LogP contribution in [0.15, 0.2) is 29.2 Å². The van der Waals surface area contributed by atoms with Crippen molar-refractivity contribution in [2.45, 2.75) is 6.92 Å². The fraction of sp³-hybridized carbons (Fsp3) is 0.200. The second kappa shape index (κ2) is 3.49. The molecule has 0 atom stereocenters. The third-order valence-corrected chi connectivity index (χ3v) is 1.87.